The summed E-state index contributed by atoms with van der Waals surface area (Å²) in [5.74, 6) is 0.410. The van der Waals surface area contributed by atoms with Crippen LogP contribution in [0.25, 0.3) is 0 Å². The van der Waals surface area contributed by atoms with E-state index in [0.717, 1.165) is 6.42 Å². The van der Waals surface area contributed by atoms with Crippen molar-refractivity contribution in [1.29, 1.82) is 0 Å². The molecule has 5 nitrogen and oxygen atoms in total. The molecule has 2 atom stereocenters. The van der Waals surface area contributed by atoms with E-state index >= 15 is 0 Å². The zero-order valence-corrected chi connectivity index (χ0v) is 12.0. The molecule has 5 heteroatoms. The fourth-order valence-corrected chi connectivity index (χ4v) is 1.77. The molecule has 1 rings (SSSR count). The highest BCUT2D eigenvalue weighted by Gasteiger charge is 2.12. The highest BCUT2D eigenvalue weighted by molar-refractivity contribution is 5.96. The van der Waals surface area contributed by atoms with Crippen LogP contribution in [-0.4, -0.2) is 47.9 Å². The van der Waals surface area contributed by atoms with Crippen molar-refractivity contribution in [3.63, 3.8) is 0 Å². The van der Waals surface area contributed by atoms with Crippen LogP contribution in [0.3, 0.4) is 0 Å². The van der Waals surface area contributed by atoms with Crippen LogP contribution in [0.5, 0.6) is 5.75 Å². The molecular formula is C15H23NO4. The Morgan fingerprint density at radius 3 is 2.70 bits per heavy atom. The van der Waals surface area contributed by atoms with Gasteiger partial charge in [0.1, 0.15) is 18.5 Å². The summed E-state index contributed by atoms with van der Waals surface area (Å²) < 4.78 is 5.49. The van der Waals surface area contributed by atoms with Crippen molar-refractivity contribution >= 4 is 5.78 Å². The van der Waals surface area contributed by atoms with Gasteiger partial charge < -0.3 is 20.3 Å². The maximum Gasteiger partial charge on any atom is 0.163 e. The summed E-state index contributed by atoms with van der Waals surface area (Å²) in [4.78, 5) is 11.4. The third kappa shape index (κ3) is 5.28. The molecule has 0 aliphatic carbocycles. The number of rotatable bonds is 9. The Hall–Kier alpha value is -1.43. The van der Waals surface area contributed by atoms with Crippen LogP contribution in [0, 0.1) is 0 Å². The van der Waals surface area contributed by atoms with E-state index < -0.39 is 6.10 Å². The Kier molecular flexibility index (Phi) is 7.22. The molecule has 3 N–H and O–H groups in total. The van der Waals surface area contributed by atoms with Gasteiger partial charge >= 0.3 is 0 Å². The Bertz CT molecular complexity index is 418. The lowest BCUT2D eigenvalue weighted by Crippen LogP contribution is -2.39. The van der Waals surface area contributed by atoms with Gasteiger partial charge in [0.15, 0.2) is 5.78 Å². The Labute approximate surface area is 119 Å². The number of Topliss-reactive ketones (excluding diaryl/α,β-unsaturated/α-hetero) is 1. The van der Waals surface area contributed by atoms with Crippen LogP contribution in [0.2, 0.25) is 0 Å². The number of nitrogens with one attached hydrogen (secondary N) is 1. The minimum atomic E-state index is -0.699. The van der Waals surface area contributed by atoms with Crippen molar-refractivity contribution in [2.75, 3.05) is 19.8 Å². The number of para-hydroxylation sites is 1. The molecule has 0 amide bonds. The first-order valence-corrected chi connectivity index (χ1v) is 6.83. The van der Waals surface area contributed by atoms with Crippen LogP contribution in [0.15, 0.2) is 24.3 Å². The number of hydrogen-bond donors (Lipinski definition) is 3. The van der Waals surface area contributed by atoms with Crippen LogP contribution >= 0.6 is 0 Å². The van der Waals surface area contributed by atoms with Crippen LogP contribution in [0.4, 0.5) is 0 Å². The lowest BCUT2D eigenvalue weighted by Gasteiger charge is -2.18. The highest BCUT2D eigenvalue weighted by Crippen LogP contribution is 2.18. The average molecular weight is 281 g/mol. The van der Waals surface area contributed by atoms with E-state index in [1.165, 1.54) is 6.92 Å². The van der Waals surface area contributed by atoms with Crippen molar-refractivity contribution in [3.05, 3.63) is 29.8 Å². The van der Waals surface area contributed by atoms with Gasteiger partial charge in [0.05, 0.1) is 12.2 Å². The molecule has 0 aliphatic rings. The predicted molar refractivity (Wildman–Crippen MR) is 77.1 cm³/mol. The van der Waals surface area contributed by atoms with Crippen LogP contribution in [0.1, 0.15) is 30.6 Å². The quantitative estimate of drug-likeness (QED) is 0.588. The molecule has 0 aliphatic heterocycles. The van der Waals surface area contributed by atoms with Gasteiger partial charge in [-0.25, -0.2) is 0 Å². The molecule has 0 spiro atoms. The second-order valence-electron chi connectivity index (χ2n) is 4.71. The summed E-state index contributed by atoms with van der Waals surface area (Å²) >= 11 is 0. The number of ketones is 1. The number of hydrogen-bond acceptors (Lipinski definition) is 5. The standard InChI is InChI=1S/C15H23NO4/c1-3-12(9-17)16-8-13(19)10-20-15-7-5-4-6-14(15)11(2)18/h4-7,12-13,16-17,19H,3,8-10H2,1-2H3/t12-,13+/m1/s1. The second kappa shape index (κ2) is 8.68. The van der Waals surface area contributed by atoms with Crippen LogP contribution < -0.4 is 10.1 Å². The van der Waals surface area contributed by atoms with Crippen molar-refractivity contribution in [2.45, 2.75) is 32.4 Å². The predicted octanol–water partition coefficient (Wildman–Crippen LogP) is 0.989. The molecule has 112 valence electrons. The summed E-state index contributed by atoms with van der Waals surface area (Å²) in [6, 6.07) is 6.94. The summed E-state index contributed by atoms with van der Waals surface area (Å²) in [5, 5.41) is 21.9. The average Bonchev–Trinajstić information content (AvgIpc) is 2.46. The summed E-state index contributed by atoms with van der Waals surface area (Å²) in [7, 11) is 0. The first-order chi connectivity index (χ1) is 9.58. The summed E-state index contributed by atoms with van der Waals surface area (Å²) in [6.45, 7) is 3.91. The number of aliphatic hydroxyl groups excluding tert-OH is 2. The third-order valence-corrected chi connectivity index (χ3v) is 3.05. The minimum Gasteiger partial charge on any atom is -0.490 e. The van der Waals surface area contributed by atoms with E-state index in [9.17, 15) is 9.90 Å². The summed E-state index contributed by atoms with van der Waals surface area (Å²) in [6.07, 6.45) is 0.0904. The first-order valence-electron chi connectivity index (χ1n) is 6.83. The second-order valence-corrected chi connectivity index (χ2v) is 4.71. The summed E-state index contributed by atoms with van der Waals surface area (Å²) in [5.41, 5.74) is 0.509. The number of carbonyl (C=O) groups excluding carboxylic acids is 1. The fourth-order valence-electron chi connectivity index (χ4n) is 1.77. The molecule has 0 radical (unpaired) electrons. The molecular weight excluding hydrogens is 258 g/mol. The number of carbonyl (C=O) groups is 1. The maximum atomic E-state index is 11.4. The number of benzene rings is 1. The van der Waals surface area contributed by atoms with Crippen LogP contribution in [-0.2, 0) is 0 Å². The molecule has 0 fully saturated rings. The molecule has 0 aromatic heterocycles. The normalized spacial score (nSPS) is 13.8. The molecule has 0 saturated carbocycles. The molecule has 0 unspecified atom stereocenters. The van der Waals surface area contributed by atoms with Gasteiger partial charge in [-0.05, 0) is 25.5 Å². The van der Waals surface area contributed by atoms with Gasteiger partial charge in [0, 0.05) is 12.6 Å². The number of aliphatic hydroxyl groups is 2. The van der Waals surface area contributed by atoms with E-state index in [2.05, 4.69) is 5.32 Å². The van der Waals surface area contributed by atoms with E-state index in [1.54, 1.807) is 24.3 Å². The van der Waals surface area contributed by atoms with Crippen molar-refractivity contribution in [1.82, 2.24) is 5.32 Å². The Morgan fingerprint density at radius 2 is 2.10 bits per heavy atom. The van der Waals surface area contributed by atoms with Gasteiger partial charge in [-0.15, -0.1) is 0 Å². The molecule has 1 aromatic carbocycles. The largest absolute Gasteiger partial charge is 0.490 e. The van der Waals surface area contributed by atoms with Crippen molar-refractivity contribution < 1.29 is 19.7 Å². The minimum absolute atomic E-state index is 0.0193. The van der Waals surface area contributed by atoms with Gasteiger partial charge in [0.2, 0.25) is 0 Å². The Balaban J connectivity index is 2.45. The molecule has 20 heavy (non-hydrogen) atoms. The third-order valence-electron chi connectivity index (χ3n) is 3.05. The lowest BCUT2D eigenvalue weighted by atomic mass is 10.1. The SMILES string of the molecule is CC[C@H](CO)NC[C@H](O)COc1ccccc1C(C)=O. The fraction of sp³-hybridized carbons (Fsp3) is 0.533. The zero-order valence-electron chi connectivity index (χ0n) is 12.0. The monoisotopic (exact) mass is 281 g/mol. The van der Waals surface area contributed by atoms with Gasteiger partial charge in [-0.3, -0.25) is 4.79 Å². The molecule has 1 aromatic rings. The van der Waals surface area contributed by atoms with Crippen molar-refractivity contribution in [2.24, 2.45) is 0 Å². The molecule has 0 saturated heterocycles. The molecule has 0 heterocycles. The van der Waals surface area contributed by atoms with Gasteiger partial charge in [0.25, 0.3) is 0 Å². The molecule has 0 bridgehead atoms. The van der Waals surface area contributed by atoms with Crippen molar-refractivity contribution in [3.8, 4) is 5.75 Å². The maximum absolute atomic E-state index is 11.4. The smallest absolute Gasteiger partial charge is 0.163 e. The topological polar surface area (TPSA) is 78.8 Å². The van der Waals surface area contributed by atoms with E-state index in [0.29, 0.717) is 17.9 Å². The lowest BCUT2D eigenvalue weighted by molar-refractivity contribution is 0.0946. The first kappa shape index (κ1) is 16.6. The van der Waals surface area contributed by atoms with E-state index in [-0.39, 0.29) is 25.0 Å². The van der Waals surface area contributed by atoms with Gasteiger partial charge in [-0.2, -0.15) is 0 Å². The highest BCUT2D eigenvalue weighted by atomic mass is 16.5. The van der Waals surface area contributed by atoms with E-state index in [4.69, 9.17) is 9.84 Å². The van der Waals surface area contributed by atoms with E-state index in [1.807, 2.05) is 6.92 Å². The van der Waals surface area contributed by atoms with Gasteiger partial charge in [-0.1, -0.05) is 19.1 Å². The zero-order chi connectivity index (χ0) is 15.0. The Morgan fingerprint density at radius 1 is 1.40 bits per heavy atom. The number of ether oxygens (including phenoxy) is 1.